The molecule has 0 aliphatic heterocycles. The van der Waals surface area contributed by atoms with E-state index in [1.807, 2.05) is 0 Å². The Morgan fingerprint density at radius 3 is 2.23 bits per heavy atom. The summed E-state index contributed by atoms with van der Waals surface area (Å²) in [5, 5.41) is 4.78. The molecule has 0 spiro atoms. The molecule has 0 radical (unpaired) electrons. The zero-order chi connectivity index (χ0) is 22.9. The predicted octanol–water partition coefficient (Wildman–Crippen LogP) is 4.92. The second-order valence-electron chi connectivity index (χ2n) is 5.59. The molecule has 0 aliphatic rings. The van der Waals surface area contributed by atoms with Gasteiger partial charge >= 0.3 is 24.6 Å². The third kappa shape index (κ3) is 5.48. The number of hydrogen-bond donors (Lipinski definition) is 1. The van der Waals surface area contributed by atoms with Crippen LogP contribution >= 0.6 is 0 Å². The Bertz CT molecular complexity index is 909. The van der Waals surface area contributed by atoms with Crippen molar-refractivity contribution in [2.75, 3.05) is 5.32 Å². The summed E-state index contributed by atoms with van der Waals surface area (Å²) in [5.41, 5.74) is -2.30. The molecule has 15 heteroatoms. The molecule has 1 aromatic carbocycles. The molecule has 2 aromatic rings. The summed E-state index contributed by atoms with van der Waals surface area (Å²) in [6.07, 6.45) is -21.9. The van der Waals surface area contributed by atoms with Gasteiger partial charge in [0.15, 0.2) is 5.75 Å². The Morgan fingerprint density at radius 1 is 1.07 bits per heavy atom. The lowest BCUT2D eigenvalue weighted by atomic mass is 10.3. The minimum absolute atomic E-state index is 0.665. The smallest absolute Gasteiger partial charge is 0.428 e. The van der Waals surface area contributed by atoms with Crippen LogP contribution in [0.25, 0.3) is 0 Å². The molecule has 1 unspecified atom stereocenters. The van der Waals surface area contributed by atoms with Gasteiger partial charge in [0.05, 0.1) is 11.9 Å². The van der Waals surface area contributed by atoms with Crippen LogP contribution in [0.15, 0.2) is 30.5 Å². The number of carbonyl (C=O) groups excluding carboxylic acids is 1. The van der Waals surface area contributed by atoms with Crippen molar-refractivity contribution in [2.24, 2.45) is 7.05 Å². The molecule has 166 valence electrons. The zero-order valence-corrected chi connectivity index (χ0v) is 14.5. The van der Waals surface area contributed by atoms with Crippen LogP contribution < -0.4 is 14.8 Å². The quantitative estimate of drug-likeness (QED) is 0.656. The maximum Gasteiger partial charge on any atom is 0.439 e. The zero-order valence-electron chi connectivity index (χ0n) is 14.5. The van der Waals surface area contributed by atoms with Crippen LogP contribution in [0, 0.1) is 0 Å². The number of aromatic nitrogens is 2. The number of halogens is 9. The third-order valence-corrected chi connectivity index (χ3v) is 3.22. The lowest BCUT2D eigenvalue weighted by molar-refractivity contribution is -0.304. The Hall–Kier alpha value is -3.13. The number of rotatable bonds is 5. The van der Waals surface area contributed by atoms with Crippen molar-refractivity contribution < 1.29 is 53.8 Å². The SMILES string of the molecule is Cn1cc(OC(=O)Nc2ccccc2OC(F)(F)C(F)C(F)(F)F)c(C(F)(F)F)n1. The molecule has 0 saturated heterocycles. The van der Waals surface area contributed by atoms with Gasteiger partial charge in [0.25, 0.3) is 6.17 Å². The first-order valence-corrected chi connectivity index (χ1v) is 7.57. The number of amides is 1. The van der Waals surface area contributed by atoms with E-state index in [-0.39, 0.29) is 0 Å². The average Bonchev–Trinajstić information content (AvgIpc) is 2.95. The molecule has 1 aromatic heterocycles. The van der Waals surface area contributed by atoms with E-state index in [0.29, 0.717) is 16.9 Å². The number of alkyl halides is 9. The van der Waals surface area contributed by atoms with Crippen LogP contribution in [0.2, 0.25) is 0 Å². The minimum atomic E-state index is -5.95. The molecule has 0 bridgehead atoms. The summed E-state index contributed by atoms with van der Waals surface area (Å²) in [5.74, 6) is -2.14. The molecule has 0 fully saturated rings. The standard InChI is InChI=1S/C15H10F9N3O3/c1-27-6-9(10(26-27)13(17,18)19)29-12(28)25-7-4-2-3-5-8(7)30-15(23,24)11(16)14(20,21)22/h2-6,11H,1H3,(H,25,28). The van der Waals surface area contributed by atoms with Crippen molar-refractivity contribution in [3.05, 3.63) is 36.2 Å². The van der Waals surface area contributed by atoms with Crippen molar-refractivity contribution in [1.82, 2.24) is 9.78 Å². The highest BCUT2D eigenvalue weighted by Crippen LogP contribution is 2.39. The molecule has 1 amide bonds. The third-order valence-electron chi connectivity index (χ3n) is 3.22. The molecule has 1 heterocycles. The largest absolute Gasteiger partial charge is 0.439 e. The van der Waals surface area contributed by atoms with Gasteiger partial charge in [-0.1, -0.05) is 12.1 Å². The molecule has 30 heavy (non-hydrogen) atoms. The van der Waals surface area contributed by atoms with Gasteiger partial charge in [-0.05, 0) is 12.1 Å². The number of aryl methyl sites for hydroxylation is 1. The fraction of sp³-hybridized carbons (Fsp3) is 0.333. The first kappa shape index (κ1) is 23.2. The molecular weight excluding hydrogens is 441 g/mol. The Morgan fingerprint density at radius 2 is 1.67 bits per heavy atom. The van der Waals surface area contributed by atoms with Crippen LogP contribution in [0.4, 0.5) is 50.0 Å². The van der Waals surface area contributed by atoms with Crippen LogP contribution in [0.1, 0.15) is 5.69 Å². The van der Waals surface area contributed by atoms with Gasteiger partial charge in [0.2, 0.25) is 5.69 Å². The molecule has 0 aliphatic carbocycles. The normalized spacial score (nSPS) is 13.7. The highest BCUT2D eigenvalue weighted by atomic mass is 19.4. The van der Waals surface area contributed by atoms with E-state index < -0.39 is 53.6 Å². The van der Waals surface area contributed by atoms with Gasteiger partial charge in [-0.15, -0.1) is 0 Å². The van der Waals surface area contributed by atoms with Crippen LogP contribution in [-0.4, -0.2) is 34.3 Å². The van der Waals surface area contributed by atoms with Crippen molar-refractivity contribution >= 4 is 11.8 Å². The Labute approximate surface area is 161 Å². The van der Waals surface area contributed by atoms with Crippen molar-refractivity contribution in [3.63, 3.8) is 0 Å². The fourth-order valence-corrected chi connectivity index (χ4v) is 2.02. The van der Waals surface area contributed by atoms with Crippen LogP contribution in [-0.2, 0) is 13.2 Å². The lowest BCUT2D eigenvalue weighted by Crippen LogP contribution is -2.45. The van der Waals surface area contributed by atoms with Crippen LogP contribution in [0.3, 0.4) is 0 Å². The van der Waals surface area contributed by atoms with Gasteiger partial charge in [-0.3, -0.25) is 10.00 Å². The van der Waals surface area contributed by atoms with Crippen molar-refractivity contribution in [2.45, 2.75) is 24.6 Å². The highest BCUT2D eigenvalue weighted by Gasteiger charge is 2.59. The number of ether oxygens (including phenoxy) is 2. The Balaban J connectivity index is 2.20. The number of anilines is 1. The topological polar surface area (TPSA) is 65.4 Å². The lowest BCUT2D eigenvalue weighted by Gasteiger charge is -2.24. The van der Waals surface area contributed by atoms with E-state index in [0.717, 1.165) is 25.2 Å². The van der Waals surface area contributed by atoms with E-state index in [1.54, 1.807) is 5.32 Å². The summed E-state index contributed by atoms with van der Waals surface area (Å²) >= 11 is 0. The highest BCUT2D eigenvalue weighted by molar-refractivity contribution is 5.88. The number of benzene rings is 1. The van der Waals surface area contributed by atoms with Gasteiger partial charge in [-0.25, -0.2) is 9.18 Å². The van der Waals surface area contributed by atoms with Gasteiger partial charge < -0.3 is 9.47 Å². The van der Waals surface area contributed by atoms with E-state index in [4.69, 9.17) is 0 Å². The van der Waals surface area contributed by atoms with Crippen molar-refractivity contribution in [1.29, 1.82) is 0 Å². The van der Waals surface area contributed by atoms with Crippen LogP contribution in [0.5, 0.6) is 11.5 Å². The monoisotopic (exact) mass is 451 g/mol. The average molecular weight is 451 g/mol. The van der Waals surface area contributed by atoms with Gasteiger partial charge in [0, 0.05) is 7.05 Å². The summed E-state index contributed by atoms with van der Waals surface area (Å²) in [4.78, 5) is 11.8. The minimum Gasteiger partial charge on any atom is -0.428 e. The first-order valence-electron chi connectivity index (χ1n) is 7.57. The van der Waals surface area contributed by atoms with Gasteiger partial charge in [0.1, 0.15) is 5.75 Å². The number of para-hydroxylation sites is 2. The molecule has 1 atom stereocenters. The van der Waals surface area contributed by atoms with E-state index >= 15 is 0 Å². The summed E-state index contributed by atoms with van der Waals surface area (Å²) in [6, 6.07) is 3.63. The second kappa shape index (κ2) is 7.95. The molecular formula is C15H10F9N3O3. The second-order valence-corrected chi connectivity index (χ2v) is 5.59. The maximum atomic E-state index is 13.5. The first-order chi connectivity index (χ1) is 13.6. The van der Waals surface area contributed by atoms with Crippen molar-refractivity contribution in [3.8, 4) is 11.5 Å². The predicted molar refractivity (Wildman–Crippen MR) is 80.8 cm³/mol. The van der Waals surface area contributed by atoms with E-state index in [1.165, 1.54) is 0 Å². The number of carbonyl (C=O) groups is 1. The fourth-order valence-electron chi connectivity index (χ4n) is 2.02. The molecule has 1 N–H and O–H groups in total. The molecule has 0 saturated carbocycles. The summed E-state index contributed by atoms with van der Waals surface area (Å²) < 4.78 is 124. The summed E-state index contributed by atoms with van der Waals surface area (Å²) in [6.45, 7) is 0. The molecule has 6 nitrogen and oxygen atoms in total. The Kier molecular flexibility index (Phi) is 6.13. The number of nitrogens with zero attached hydrogens (tertiary/aromatic N) is 2. The summed E-state index contributed by atoms with van der Waals surface area (Å²) in [7, 11) is 1.10. The molecule has 2 rings (SSSR count). The van der Waals surface area contributed by atoms with E-state index in [9.17, 15) is 44.3 Å². The van der Waals surface area contributed by atoms with E-state index in [2.05, 4.69) is 14.6 Å². The number of hydrogen-bond acceptors (Lipinski definition) is 4. The van der Waals surface area contributed by atoms with Gasteiger partial charge in [-0.2, -0.15) is 40.2 Å². The maximum absolute atomic E-state index is 13.5. The number of nitrogens with one attached hydrogen (secondary N) is 1.